The Morgan fingerprint density at radius 2 is 2.25 bits per heavy atom. The summed E-state index contributed by atoms with van der Waals surface area (Å²) in [6.45, 7) is 0. The molecule has 6 nitrogen and oxygen atoms in total. The van der Waals surface area contributed by atoms with E-state index in [0.29, 0.717) is 0 Å². The zero-order valence-corrected chi connectivity index (χ0v) is 9.02. The number of rotatable bonds is 2. The van der Waals surface area contributed by atoms with Crippen molar-refractivity contribution >= 4 is 24.3 Å². The maximum Gasteiger partial charge on any atom is 0.346 e. The lowest BCUT2D eigenvalue weighted by molar-refractivity contribution is -0.385. The van der Waals surface area contributed by atoms with Gasteiger partial charge < -0.3 is 4.74 Å². The number of nitro benzene ring substituents is 1. The number of nitro groups is 1. The topological polar surface area (TPSA) is 93.2 Å². The van der Waals surface area contributed by atoms with Gasteiger partial charge >= 0.3 is 5.97 Å². The molecule has 0 spiro atoms. The molecular weight excluding hydrogens is 232 g/mol. The molecule has 0 saturated heterocycles. The zero-order chi connectivity index (χ0) is 12.3. The summed E-state index contributed by atoms with van der Waals surface area (Å²) in [7, 11) is 1.10. The van der Waals surface area contributed by atoms with Crippen LogP contribution >= 0.6 is 12.6 Å². The highest BCUT2D eigenvalue weighted by molar-refractivity contribution is 7.80. The second-order valence-corrected chi connectivity index (χ2v) is 3.16. The van der Waals surface area contributed by atoms with Crippen molar-refractivity contribution in [3.63, 3.8) is 0 Å². The third-order valence-electron chi connectivity index (χ3n) is 1.86. The van der Waals surface area contributed by atoms with Crippen molar-refractivity contribution in [2.75, 3.05) is 7.11 Å². The molecule has 0 heterocycles. The zero-order valence-electron chi connectivity index (χ0n) is 8.13. The number of methoxy groups -OCH3 is 1. The molecule has 0 unspecified atom stereocenters. The molecule has 0 amide bonds. The van der Waals surface area contributed by atoms with Gasteiger partial charge in [-0.15, -0.1) is 12.6 Å². The van der Waals surface area contributed by atoms with Crippen molar-refractivity contribution in [3.8, 4) is 6.07 Å². The van der Waals surface area contributed by atoms with E-state index in [1.54, 1.807) is 6.07 Å². The molecule has 0 N–H and O–H groups in total. The summed E-state index contributed by atoms with van der Waals surface area (Å²) in [5, 5.41) is 19.4. The molecule has 0 radical (unpaired) electrons. The van der Waals surface area contributed by atoms with Crippen LogP contribution in [0.25, 0.3) is 0 Å². The summed E-state index contributed by atoms with van der Waals surface area (Å²) in [6.07, 6.45) is 0. The lowest BCUT2D eigenvalue weighted by Crippen LogP contribution is -2.08. The van der Waals surface area contributed by atoms with Crippen LogP contribution in [-0.2, 0) is 4.74 Å². The molecule has 0 aromatic heterocycles. The fraction of sp³-hybridized carbons (Fsp3) is 0.111. The van der Waals surface area contributed by atoms with Crippen molar-refractivity contribution in [2.45, 2.75) is 4.90 Å². The average Bonchev–Trinajstić information content (AvgIpc) is 2.27. The Morgan fingerprint density at radius 1 is 1.62 bits per heavy atom. The number of esters is 1. The van der Waals surface area contributed by atoms with Crippen LogP contribution < -0.4 is 0 Å². The maximum absolute atomic E-state index is 11.3. The van der Waals surface area contributed by atoms with Crippen LogP contribution in [0.3, 0.4) is 0 Å². The van der Waals surface area contributed by atoms with E-state index in [1.165, 1.54) is 6.07 Å². The van der Waals surface area contributed by atoms with Gasteiger partial charge in [0.2, 0.25) is 0 Å². The van der Waals surface area contributed by atoms with Gasteiger partial charge in [-0.3, -0.25) is 10.1 Å². The molecule has 0 atom stereocenters. The molecule has 82 valence electrons. The molecule has 7 heteroatoms. The van der Waals surface area contributed by atoms with Gasteiger partial charge in [0.1, 0.15) is 6.07 Å². The quantitative estimate of drug-likeness (QED) is 0.365. The van der Waals surface area contributed by atoms with E-state index >= 15 is 0 Å². The summed E-state index contributed by atoms with van der Waals surface area (Å²) < 4.78 is 4.41. The van der Waals surface area contributed by atoms with Crippen molar-refractivity contribution < 1.29 is 14.5 Å². The van der Waals surface area contributed by atoms with Crippen LogP contribution in [0.1, 0.15) is 15.9 Å². The number of thiol groups is 1. The smallest absolute Gasteiger partial charge is 0.346 e. The molecule has 0 aliphatic rings. The third kappa shape index (κ3) is 1.97. The van der Waals surface area contributed by atoms with Crippen LogP contribution in [-0.4, -0.2) is 18.0 Å². The minimum absolute atomic E-state index is 0.0523. The van der Waals surface area contributed by atoms with E-state index in [2.05, 4.69) is 17.4 Å². The number of nitriles is 1. The number of carbonyl (C=O) groups excluding carboxylic acids is 1. The first-order valence-corrected chi connectivity index (χ1v) is 4.46. The van der Waals surface area contributed by atoms with Gasteiger partial charge in [0.05, 0.1) is 17.6 Å². The molecule has 0 fully saturated rings. The van der Waals surface area contributed by atoms with Crippen molar-refractivity contribution in [1.29, 1.82) is 5.26 Å². The Bertz CT molecular complexity index is 507. The number of carbonyl (C=O) groups is 1. The first kappa shape index (κ1) is 12.0. The van der Waals surface area contributed by atoms with Crippen LogP contribution in [0, 0.1) is 21.4 Å². The van der Waals surface area contributed by atoms with Crippen LogP contribution in [0.15, 0.2) is 17.0 Å². The molecule has 0 aliphatic heterocycles. The largest absolute Gasteiger partial charge is 0.465 e. The monoisotopic (exact) mass is 238 g/mol. The Morgan fingerprint density at radius 3 is 2.69 bits per heavy atom. The lowest BCUT2D eigenvalue weighted by atomic mass is 10.1. The summed E-state index contributed by atoms with van der Waals surface area (Å²) in [6, 6.07) is 4.08. The Kier molecular flexibility index (Phi) is 3.48. The summed E-state index contributed by atoms with van der Waals surface area (Å²) in [4.78, 5) is 21.2. The van der Waals surface area contributed by atoms with E-state index in [9.17, 15) is 14.9 Å². The van der Waals surface area contributed by atoms with E-state index in [1.807, 2.05) is 0 Å². The van der Waals surface area contributed by atoms with Crippen LogP contribution in [0.5, 0.6) is 0 Å². The molecule has 1 aromatic carbocycles. The van der Waals surface area contributed by atoms with Gasteiger partial charge in [-0.05, 0) is 6.07 Å². The highest BCUT2D eigenvalue weighted by Crippen LogP contribution is 2.28. The fourth-order valence-electron chi connectivity index (χ4n) is 1.13. The Hall–Kier alpha value is -2.07. The van der Waals surface area contributed by atoms with Gasteiger partial charge in [-0.1, -0.05) is 0 Å². The Balaban J connectivity index is 3.56. The minimum atomic E-state index is -0.895. The van der Waals surface area contributed by atoms with Gasteiger partial charge in [0.15, 0.2) is 5.56 Å². The van der Waals surface area contributed by atoms with Crippen LogP contribution in [0.4, 0.5) is 5.69 Å². The molecule has 1 rings (SSSR count). The molecule has 0 aliphatic carbocycles. The summed E-state index contributed by atoms with van der Waals surface area (Å²) in [5.41, 5.74) is -0.667. The normalized spacial score (nSPS) is 9.31. The number of nitrogens with zero attached hydrogens (tertiary/aromatic N) is 2. The number of ether oxygens (including phenoxy) is 1. The second-order valence-electron chi connectivity index (χ2n) is 2.72. The first-order chi connectivity index (χ1) is 7.52. The van der Waals surface area contributed by atoms with Crippen molar-refractivity contribution in [1.82, 2.24) is 0 Å². The molecule has 16 heavy (non-hydrogen) atoms. The standard InChI is InChI=1S/C9H6N2O4S/c1-15-9(12)7-6(11(13)14)3-2-5(4-10)8(7)16/h2-3,16H,1H3. The third-order valence-corrected chi connectivity index (χ3v) is 2.33. The summed E-state index contributed by atoms with van der Waals surface area (Å²) >= 11 is 3.92. The van der Waals surface area contributed by atoms with Gasteiger partial charge in [-0.25, -0.2) is 4.79 Å². The highest BCUT2D eigenvalue weighted by Gasteiger charge is 2.25. The predicted octanol–water partition coefficient (Wildman–Crippen LogP) is 1.54. The van der Waals surface area contributed by atoms with Gasteiger partial charge in [0.25, 0.3) is 5.69 Å². The highest BCUT2D eigenvalue weighted by atomic mass is 32.1. The SMILES string of the molecule is COC(=O)c1c([N+](=O)[O-])ccc(C#N)c1S. The van der Waals surface area contributed by atoms with Gasteiger partial charge in [-0.2, -0.15) is 5.26 Å². The first-order valence-electron chi connectivity index (χ1n) is 4.01. The van der Waals surface area contributed by atoms with E-state index in [4.69, 9.17) is 5.26 Å². The summed E-state index contributed by atoms with van der Waals surface area (Å²) in [5.74, 6) is -0.895. The van der Waals surface area contributed by atoms with E-state index < -0.39 is 16.6 Å². The molecule has 0 bridgehead atoms. The van der Waals surface area contributed by atoms with Crippen molar-refractivity contribution in [2.24, 2.45) is 0 Å². The fourth-order valence-corrected chi connectivity index (χ4v) is 1.46. The van der Waals surface area contributed by atoms with Crippen molar-refractivity contribution in [3.05, 3.63) is 33.4 Å². The Labute approximate surface area is 96.0 Å². The predicted molar refractivity (Wildman–Crippen MR) is 56.4 cm³/mol. The number of benzene rings is 1. The molecule has 1 aromatic rings. The average molecular weight is 238 g/mol. The lowest BCUT2D eigenvalue weighted by Gasteiger charge is -2.05. The number of hydrogen-bond donors (Lipinski definition) is 1. The number of hydrogen-bond acceptors (Lipinski definition) is 6. The second kappa shape index (κ2) is 4.63. The maximum atomic E-state index is 11.3. The molecular formula is C9H6N2O4S. The van der Waals surface area contributed by atoms with Gasteiger partial charge in [0, 0.05) is 11.0 Å². The van der Waals surface area contributed by atoms with Crippen LogP contribution in [0.2, 0.25) is 0 Å². The molecule has 0 saturated carbocycles. The minimum Gasteiger partial charge on any atom is -0.465 e. The van der Waals surface area contributed by atoms with E-state index in [-0.39, 0.29) is 16.0 Å². The van der Waals surface area contributed by atoms with E-state index in [0.717, 1.165) is 13.2 Å².